The van der Waals surface area contributed by atoms with Crippen molar-refractivity contribution in [2.45, 2.75) is 5.60 Å². The molecule has 3 N–H and O–H groups in total. The number of aliphatic hydroxyl groups is 1. The highest BCUT2D eigenvalue weighted by Gasteiger charge is 2.34. The molecular formula is C11H15N3O3. The zero-order chi connectivity index (χ0) is 12.3. The molecule has 92 valence electrons. The zero-order valence-electron chi connectivity index (χ0n) is 9.56. The fraction of sp³-hybridized carbons (Fsp3) is 0.455. The average molecular weight is 237 g/mol. The Labute approximate surface area is 99.0 Å². The van der Waals surface area contributed by atoms with Crippen molar-refractivity contribution in [3.05, 3.63) is 24.0 Å². The number of β-amino-alcohol motifs (C(OH)–C–C–N with tert-alkyl or cyclic N) is 1. The van der Waals surface area contributed by atoms with Crippen molar-refractivity contribution in [1.82, 2.24) is 15.6 Å². The number of pyridine rings is 1. The summed E-state index contributed by atoms with van der Waals surface area (Å²) in [5.41, 5.74) is -0.408. The molecule has 0 saturated carbocycles. The van der Waals surface area contributed by atoms with E-state index in [2.05, 4.69) is 15.6 Å². The number of carbonyl (C=O) groups excluding carboxylic acids is 1. The standard InChI is InChI=1S/C11H15N3O3/c1-17-9-4-12-3-2-8(9)10(15)14-7-11(16)5-13-6-11/h2-4,13,16H,5-7H2,1H3,(H,14,15). The summed E-state index contributed by atoms with van der Waals surface area (Å²) in [6.45, 7) is 1.23. The van der Waals surface area contributed by atoms with E-state index in [4.69, 9.17) is 4.74 Å². The fourth-order valence-electron chi connectivity index (χ4n) is 1.61. The van der Waals surface area contributed by atoms with Gasteiger partial charge in [0.25, 0.3) is 5.91 Å². The molecule has 0 unspecified atom stereocenters. The van der Waals surface area contributed by atoms with Gasteiger partial charge in [-0.2, -0.15) is 0 Å². The molecule has 0 aliphatic carbocycles. The summed E-state index contributed by atoms with van der Waals surface area (Å²) in [6, 6.07) is 1.58. The van der Waals surface area contributed by atoms with Crippen LogP contribution in [0.1, 0.15) is 10.4 Å². The maximum atomic E-state index is 11.9. The molecule has 1 saturated heterocycles. The molecule has 1 aromatic heterocycles. The van der Waals surface area contributed by atoms with Crippen LogP contribution in [0.15, 0.2) is 18.5 Å². The number of methoxy groups -OCH3 is 1. The Morgan fingerprint density at radius 1 is 1.71 bits per heavy atom. The van der Waals surface area contributed by atoms with Gasteiger partial charge in [-0.15, -0.1) is 0 Å². The van der Waals surface area contributed by atoms with Gasteiger partial charge in [0.2, 0.25) is 0 Å². The number of nitrogens with one attached hydrogen (secondary N) is 2. The van der Waals surface area contributed by atoms with Crippen LogP contribution in [0, 0.1) is 0 Å². The number of hydrogen-bond donors (Lipinski definition) is 3. The molecule has 0 atom stereocenters. The van der Waals surface area contributed by atoms with Gasteiger partial charge in [0.05, 0.1) is 18.9 Å². The number of ether oxygens (including phenoxy) is 1. The van der Waals surface area contributed by atoms with E-state index >= 15 is 0 Å². The molecule has 0 radical (unpaired) electrons. The quantitative estimate of drug-likeness (QED) is 0.635. The Kier molecular flexibility index (Phi) is 3.26. The Hall–Kier alpha value is -1.66. The van der Waals surface area contributed by atoms with Crippen LogP contribution in [0.2, 0.25) is 0 Å². The van der Waals surface area contributed by atoms with Gasteiger partial charge >= 0.3 is 0 Å². The van der Waals surface area contributed by atoms with Crippen molar-refractivity contribution in [3.63, 3.8) is 0 Å². The summed E-state index contributed by atoms with van der Waals surface area (Å²) >= 11 is 0. The third-order valence-electron chi connectivity index (χ3n) is 2.74. The van der Waals surface area contributed by atoms with Gasteiger partial charge in [-0.25, -0.2) is 0 Å². The SMILES string of the molecule is COc1cnccc1C(=O)NCC1(O)CNC1. The van der Waals surface area contributed by atoms with Gasteiger partial charge in [-0.3, -0.25) is 9.78 Å². The third kappa shape index (κ3) is 2.54. The Bertz CT molecular complexity index is 418. The van der Waals surface area contributed by atoms with E-state index in [-0.39, 0.29) is 12.5 Å². The average Bonchev–Trinajstić information content (AvgIpc) is 2.33. The van der Waals surface area contributed by atoms with E-state index in [0.717, 1.165) is 0 Å². The van der Waals surface area contributed by atoms with Crippen LogP contribution in [0.4, 0.5) is 0 Å². The summed E-state index contributed by atoms with van der Waals surface area (Å²) in [4.78, 5) is 15.7. The molecule has 2 rings (SSSR count). The van der Waals surface area contributed by atoms with Gasteiger partial charge in [0.1, 0.15) is 11.4 Å². The molecule has 0 spiro atoms. The van der Waals surface area contributed by atoms with Crippen molar-refractivity contribution in [3.8, 4) is 5.75 Å². The molecular weight excluding hydrogens is 222 g/mol. The summed E-state index contributed by atoms with van der Waals surface area (Å²) in [5.74, 6) is 0.147. The van der Waals surface area contributed by atoms with E-state index < -0.39 is 5.60 Å². The van der Waals surface area contributed by atoms with Crippen LogP contribution in [-0.2, 0) is 0 Å². The summed E-state index contributed by atoms with van der Waals surface area (Å²) in [5, 5.41) is 15.4. The molecule has 1 amide bonds. The van der Waals surface area contributed by atoms with Gasteiger partial charge in [0, 0.05) is 25.8 Å². The second-order valence-corrected chi connectivity index (χ2v) is 4.09. The lowest BCUT2D eigenvalue weighted by atomic mass is 9.97. The largest absolute Gasteiger partial charge is 0.494 e. The van der Waals surface area contributed by atoms with Gasteiger partial charge in [0.15, 0.2) is 0 Å². The molecule has 6 heteroatoms. The molecule has 6 nitrogen and oxygen atoms in total. The lowest BCUT2D eigenvalue weighted by molar-refractivity contribution is -0.00762. The topological polar surface area (TPSA) is 83.5 Å². The van der Waals surface area contributed by atoms with E-state index in [9.17, 15) is 9.90 Å². The van der Waals surface area contributed by atoms with Crippen molar-refractivity contribution in [1.29, 1.82) is 0 Å². The predicted molar refractivity (Wildman–Crippen MR) is 60.9 cm³/mol. The zero-order valence-corrected chi connectivity index (χ0v) is 9.56. The van der Waals surface area contributed by atoms with E-state index in [1.165, 1.54) is 19.5 Å². The molecule has 1 aliphatic heterocycles. The number of amides is 1. The second kappa shape index (κ2) is 4.68. The molecule has 0 bridgehead atoms. The summed E-state index contributed by atoms with van der Waals surface area (Å²) in [6.07, 6.45) is 3.01. The number of nitrogens with zero attached hydrogens (tertiary/aromatic N) is 1. The first-order valence-corrected chi connectivity index (χ1v) is 5.34. The van der Waals surface area contributed by atoms with Crippen LogP contribution in [0.3, 0.4) is 0 Å². The molecule has 2 heterocycles. The number of rotatable bonds is 4. The number of carbonyl (C=O) groups is 1. The first-order chi connectivity index (χ1) is 8.14. The monoisotopic (exact) mass is 237 g/mol. The number of hydrogen-bond acceptors (Lipinski definition) is 5. The first-order valence-electron chi connectivity index (χ1n) is 5.34. The fourth-order valence-corrected chi connectivity index (χ4v) is 1.61. The smallest absolute Gasteiger partial charge is 0.255 e. The maximum absolute atomic E-state index is 11.9. The van der Waals surface area contributed by atoms with Crippen LogP contribution in [0.5, 0.6) is 5.75 Å². The molecule has 17 heavy (non-hydrogen) atoms. The molecule has 1 aromatic rings. The van der Waals surface area contributed by atoms with Crippen LogP contribution in [-0.4, -0.2) is 48.3 Å². The van der Waals surface area contributed by atoms with Crippen LogP contribution >= 0.6 is 0 Å². The van der Waals surface area contributed by atoms with E-state index in [0.29, 0.717) is 24.4 Å². The highest BCUT2D eigenvalue weighted by molar-refractivity contribution is 5.96. The highest BCUT2D eigenvalue weighted by Crippen LogP contribution is 2.16. The van der Waals surface area contributed by atoms with Gasteiger partial charge < -0.3 is 20.5 Å². The first kappa shape index (κ1) is 11.8. The molecule has 0 aromatic carbocycles. The summed E-state index contributed by atoms with van der Waals surface area (Å²) < 4.78 is 5.04. The van der Waals surface area contributed by atoms with Gasteiger partial charge in [-0.1, -0.05) is 0 Å². The highest BCUT2D eigenvalue weighted by atomic mass is 16.5. The maximum Gasteiger partial charge on any atom is 0.255 e. The minimum atomic E-state index is -0.823. The minimum Gasteiger partial charge on any atom is -0.494 e. The summed E-state index contributed by atoms with van der Waals surface area (Å²) in [7, 11) is 1.48. The normalized spacial score (nSPS) is 17.1. The van der Waals surface area contributed by atoms with Crippen LogP contribution in [0.25, 0.3) is 0 Å². The van der Waals surface area contributed by atoms with Crippen molar-refractivity contribution >= 4 is 5.91 Å². The predicted octanol–water partition coefficient (Wildman–Crippen LogP) is -0.846. The Morgan fingerprint density at radius 2 is 2.47 bits per heavy atom. The van der Waals surface area contributed by atoms with Crippen molar-refractivity contribution in [2.24, 2.45) is 0 Å². The lowest BCUT2D eigenvalue weighted by Crippen LogP contribution is -2.64. The van der Waals surface area contributed by atoms with Gasteiger partial charge in [-0.05, 0) is 6.07 Å². The van der Waals surface area contributed by atoms with Crippen molar-refractivity contribution in [2.75, 3.05) is 26.7 Å². The Balaban J connectivity index is 1.99. The lowest BCUT2D eigenvalue weighted by Gasteiger charge is -2.37. The molecule has 1 aliphatic rings. The third-order valence-corrected chi connectivity index (χ3v) is 2.74. The van der Waals surface area contributed by atoms with Crippen LogP contribution < -0.4 is 15.4 Å². The number of aromatic nitrogens is 1. The Morgan fingerprint density at radius 3 is 3.06 bits per heavy atom. The molecule has 1 fully saturated rings. The second-order valence-electron chi connectivity index (χ2n) is 4.09. The minimum absolute atomic E-state index is 0.226. The van der Waals surface area contributed by atoms with E-state index in [1.807, 2.05) is 0 Å². The van der Waals surface area contributed by atoms with Crippen molar-refractivity contribution < 1.29 is 14.6 Å². The van der Waals surface area contributed by atoms with E-state index in [1.54, 1.807) is 6.07 Å².